The molecule has 6 heteroatoms. The van der Waals surface area contributed by atoms with E-state index in [-0.39, 0.29) is 0 Å². The van der Waals surface area contributed by atoms with Crippen LogP contribution in [-0.4, -0.2) is 32.3 Å². The minimum Gasteiger partial charge on any atom is -0.497 e. The number of methoxy groups -OCH3 is 2. The van der Waals surface area contributed by atoms with E-state index in [0.717, 1.165) is 16.9 Å². The topological polar surface area (TPSA) is 76.7 Å². The highest BCUT2D eigenvalue weighted by molar-refractivity contribution is 5.83. The van der Waals surface area contributed by atoms with E-state index in [2.05, 4.69) is 10.6 Å². The molecule has 0 aliphatic heterocycles. The summed E-state index contributed by atoms with van der Waals surface area (Å²) in [4.78, 5) is 24.0. The first-order chi connectivity index (χ1) is 12.1. The fourth-order valence-electron chi connectivity index (χ4n) is 2.32. The molecule has 0 heterocycles. The number of benzene rings is 2. The lowest BCUT2D eigenvalue weighted by Crippen LogP contribution is -2.47. The number of esters is 1. The third-order valence-corrected chi connectivity index (χ3v) is 3.69. The number of carbonyl (C=O) groups is 2. The molecule has 0 saturated carbocycles. The van der Waals surface area contributed by atoms with E-state index in [4.69, 9.17) is 9.47 Å². The Bertz CT molecular complexity index is 686. The van der Waals surface area contributed by atoms with Gasteiger partial charge in [0.15, 0.2) is 0 Å². The van der Waals surface area contributed by atoms with Gasteiger partial charge in [-0.05, 0) is 23.3 Å². The average Bonchev–Trinajstić information content (AvgIpc) is 2.66. The van der Waals surface area contributed by atoms with Crippen LogP contribution in [0.3, 0.4) is 0 Å². The molecule has 0 saturated heterocycles. The van der Waals surface area contributed by atoms with Crippen molar-refractivity contribution in [3.8, 4) is 5.75 Å². The predicted molar refractivity (Wildman–Crippen MR) is 94.3 cm³/mol. The van der Waals surface area contributed by atoms with E-state index in [9.17, 15) is 9.59 Å². The van der Waals surface area contributed by atoms with Crippen LogP contribution >= 0.6 is 0 Å². The second-order valence-corrected chi connectivity index (χ2v) is 5.44. The second kappa shape index (κ2) is 9.32. The van der Waals surface area contributed by atoms with E-state index in [0.29, 0.717) is 13.0 Å². The number of urea groups is 1. The van der Waals surface area contributed by atoms with E-state index >= 15 is 0 Å². The lowest BCUT2D eigenvalue weighted by molar-refractivity contribution is -0.142. The second-order valence-electron chi connectivity index (χ2n) is 5.44. The minimum absolute atomic E-state index is 0.342. The van der Waals surface area contributed by atoms with Crippen LogP contribution in [0.4, 0.5) is 4.79 Å². The van der Waals surface area contributed by atoms with Gasteiger partial charge in [0.1, 0.15) is 11.8 Å². The molecule has 0 spiro atoms. The van der Waals surface area contributed by atoms with Gasteiger partial charge in [0.25, 0.3) is 0 Å². The maximum atomic E-state index is 12.1. The fraction of sp³-hybridized carbons (Fsp3) is 0.263. The number of hydrogen-bond donors (Lipinski definition) is 2. The molecule has 6 nitrogen and oxygen atoms in total. The van der Waals surface area contributed by atoms with Gasteiger partial charge >= 0.3 is 12.0 Å². The van der Waals surface area contributed by atoms with E-state index in [1.807, 2.05) is 54.6 Å². The van der Waals surface area contributed by atoms with Crippen LogP contribution in [0.25, 0.3) is 0 Å². The van der Waals surface area contributed by atoms with Gasteiger partial charge in [-0.15, -0.1) is 0 Å². The maximum Gasteiger partial charge on any atom is 0.328 e. The molecule has 0 unspecified atom stereocenters. The van der Waals surface area contributed by atoms with E-state index in [1.165, 1.54) is 7.11 Å². The maximum absolute atomic E-state index is 12.1. The SMILES string of the molecule is COC(=O)[C@@H](Cc1ccccc1)NC(=O)NCc1ccc(OC)cc1. The van der Waals surface area contributed by atoms with Crippen molar-refractivity contribution >= 4 is 12.0 Å². The molecule has 0 radical (unpaired) electrons. The summed E-state index contributed by atoms with van der Waals surface area (Å²) in [5.41, 5.74) is 1.86. The standard InChI is InChI=1S/C19H22N2O4/c1-24-16-10-8-15(9-11-16)13-20-19(23)21-17(18(22)25-2)12-14-6-4-3-5-7-14/h3-11,17H,12-13H2,1-2H3,(H2,20,21,23)/t17-/m1/s1. The molecule has 1 atom stereocenters. The highest BCUT2D eigenvalue weighted by Gasteiger charge is 2.21. The molecular weight excluding hydrogens is 320 g/mol. The van der Waals surface area contributed by atoms with Gasteiger partial charge in [-0.2, -0.15) is 0 Å². The van der Waals surface area contributed by atoms with Crippen molar-refractivity contribution in [2.75, 3.05) is 14.2 Å². The van der Waals surface area contributed by atoms with Crippen LogP contribution in [0.5, 0.6) is 5.75 Å². The van der Waals surface area contributed by atoms with Crippen molar-refractivity contribution in [1.29, 1.82) is 0 Å². The molecule has 0 aromatic heterocycles. The van der Waals surface area contributed by atoms with Crippen molar-refractivity contribution < 1.29 is 19.1 Å². The first kappa shape index (κ1) is 18.3. The molecule has 2 aromatic rings. The lowest BCUT2D eigenvalue weighted by Gasteiger charge is -2.17. The van der Waals surface area contributed by atoms with Gasteiger partial charge < -0.3 is 20.1 Å². The van der Waals surface area contributed by atoms with E-state index in [1.54, 1.807) is 7.11 Å². The van der Waals surface area contributed by atoms with Crippen LogP contribution in [-0.2, 0) is 22.5 Å². The molecule has 2 aromatic carbocycles. The van der Waals surface area contributed by atoms with Gasteiger partial charge in [-0.3, -0.25) is 0 Å². The van der Waals surface area contributed by atoms with Crippen LogP contribution < -0.4 is 15.4 Å². The Morgan fingerprint density at radius 2 is 1.64 bits per heavy atom. The van der Waals surface area contributed by atoms with Gasteiger partial charge in [0, 0.05) is 13.0 Å². The Kier molecular flexibility index (Phi) is 6.83. The summed E-state index contributed by atoms with van der Waals surface area (Å²) >= 11 is 0. The number of hydrogen-bond acceptors (Lipinski definition) is 4. The molecule has 0 aliphatic carbocycles. The zero-order chi connectivity index (χ0) is 18.1. The van der Waals surface area contributed by atoms with Crippen molar-refractivity contribution in [2.45, 2.75) is 19.0 Å². The molecule has 2 amide bonds. The number of rotatable bonds is 7. The Morgan fingerprint density at radius 1 is 0.960 bits per heavy atom. The largest absolute Gasteiger partial charge is 0.497 e. The number of amides is 2. The first-order valence-corrected chi connectivity index (χ1v) is 7.91. The molecule has 132 valence electrons. The monoisotopic (exact) mass is 342 g/mol. The number of carbonyl (C=O) groups excluding carboxylic acids is 2. The van der Waals surface area contributed by atoms with Crippen LogP contribution in [0.1, 0.15) is 11.1 Å². The molecule has 0 bridgehead atoms. The summed E-state index contributed by atoms with van der Waals surface area (Å²) < 4.78 is 9.87. The molecule has 0 fully saturated rings. The Balaban J connectivity index is 1.90. The molecule has 0 aliphatic rings. The summed E-state index contributed by atoms with van der Waals surface area (Å²) in [6.45, 7) is 0.342. The zero-order valence-corrected chi connectivity index (χ0v) is 14.3. The van der Waals surface area contributed by atoms with Gasteiger partial charge in [-0.25, -0.2) is 9.59 Å². The Hall–Kier alpha value is -3.02. The summed E-state index contributed by atoms with van der Waals surface area (Å²) in [5.74, 6) is 0.269. The van der Waals surface area contributed by atoms with Gasteiger partial charge in [0.2, 0.25) is 0 Å². The lowest BCUT2D eigenvalue weighted by atomic mass is 10.1. The van der Waals surface area contributed by atoms with Crippen LogP contribution in [0, 0.1) is 0 Å². The predicted octanol–water partition coefficient (Wildman–Crippen LogP) is 2.28. The summed E-state index contributed by atoms with van der Waals surface area (Å²) in [5, 5.41) is 5.39. The van der Waals surface area contributed by atoms with Gasteiger partial charge in [0.05, 0.1) is 14.2 Å². The van der Waals surface area contributed by atoms with Crippen molar-refractivity contribution in [1.82, 2.24) is 10.6 Å². The summed E-state index contributed by atoms with van der Waals surface area (Å²) in [7, 11) is 2.90. The Labute approximate surface area is 147 Å². The molecule has 2 rings (SSSR count). The average molecular weight is 342 g/mol. The van der Waals surface area contributed by atoms with Crippen molar-refractivity contribution in [3.63, 3.8) is 0 Å². The Morgan fingerprint density at radius 3 is 2.24 bits per heavy atom. The van der Waals surface area contributed by atoms with Crippen molar-refractivity contribution in [2.24, 2.45) is 0 Å². The first-order valence-electron chi connectivity index (χ1n) is 7.91. The zero-order valence-electron chi connectivity index (χ0n) is 14.3. The van der Waals surface area contributed by atoms with E-state index < -0.39 is 18.0 Å². The number of ether oxygens (including phenoxy) is 2. The van der Waals surface area contributed by atoms with Crippen LogP contribution in [0.2, 0.25) is 0 Å². The fourth-order valence-corrected chi connectivity index (χ4v) is 2.32. The van der Waals surface area contributed by atoms with Gasteiger partial charge in [-0.1, -0.05) is 42.5 Å². The molecular formula is C19H22N2O4. The minimum atomic E-state index is -0.747. The smallest absolute Gasteiger partial charge is 0.328 e. The normalized spacial score (nSPS) is 11.3. The number of nitrogens with one attached hydrogen (secondary N) is 2. The quantitative estimate of drug-likeness (QED) is 0.757. The van der Waals surface area contributed by atoms with Crippen molar-refractivity contribution in [3.05, 3.63) is 65.7 Å². The van der Waals surface area contributed by atoms with Crippen LogP contribution in [0.15, 0.2) is 54.6 Å². The third kappa shape index (κ3) is 5.84. The highest BCUT2D eigenvalue weighted by atomic mass is 16.5. The summed E-state index contributed by atoms with van der Waals surface area (Å²) in [6.07, 6.45) is 0.365. The third-order valence-electron chi connectivity index (χ3n) is 3.69. The molecule has 2 N–H and O–H groups in total. The summed E-state index contributed by atoms with van der Waals surface area (Å²) in [6, 6.07) is 15.6. The molecule has 25 heavy (non-hydrogen) atoms. The highest BCUT2D eigenvalue weighted by Crippen LogP contribution is 2.11.